The Labute approximate surface area is 200 Å². The van der Waals surface area contributed by atoms with Crippen LogP contribution in [0.3, 0.4) is 0 Å². The maximum atomic E-state index is 13.2. The highest BCUT2D eigenvalue weighted by atomic mass is 32.2. The smallest absolute Gasteiger partial charge is 0.256 e. The fraction of sp³-hybridized carbons (Fsp3) is 0.320. The highest BCUT2D eigenvalue weighted by molar-refractivity contribution is 7.89. The Morgan fingerprint density at radius 2 is 1.82 bits per heavy atom. The molecule has 1 amide bonds. The zero-order chi connectivity index (χ0) is 24.0. The van der Waals surface area contributed by atoms with E-state index in [1.54, 1.807) is 49.9 Å². The van der Waals surface area contributed by atoms with E-state index < -0.39 is 15.9 Å². The summed E-state index contributed by atoms with van der Waals surface area (Å²) in [5.41, 5.74) is 1.15. The predicted octanol–water partition coefficient (Wildman–Crippen LogP) is 4.26. The molecule has 0 bridgehead atoms. The molecule has 1 aliphatic carbocycles. The molecule has 34 heavy (non-hydrogen) atoms. The first kappa shape index (κ1) is 23.8. The van der Waals surface area contributed by atoms with E-state index in [0.717, 1.165) is 37.7 Å². The number of pyridine rings is 2. The molecule has 8 nitrogen and oxygen atoms in total. The molecule has 2 heterocycles. The first-order valence-corrected chi connectivity index (χ1v) is 12.8. The van der Waals surface area contributed by atoms with Gasteiger partial charge in [0, 0.05) is 37.2 Å². The second-order valence-electron chi connectivity index (χ2n) is 8.29. The molecule has 9 heteroatoms. The molecule has 0 radical (unpaired) electrons. The standard InChI is InChI=1S/C25H28N4O4S/c1-29(21-8-3-2-4-9-21)34(31,32)22-10-5-7-20(17-22)25(30)28-24-23(11-6-14-27-24)33-18-19-12-15-26-16-13-19/h5-7,10-17,21H,2-4,8-9,18H2,1H3,(H,27,28,30). The van der Waals surface area contributed by atoms with Crippen LogP contribution in [-0.2, 0) is 16.6 Å². The van der Waals surface area contributed by atoms with Gasteiger partial charge < -0.3 is 10.1 Å². The van der Waals surface area contributed by atoms with Crippen LogP contribution in [0.1, 0.15) is 48.0 Å². The molecule has 0 saturated heterocycles. The van der Waals surface area contributed by atoms with Crippen molar-refractivity contribution in [3.8, 4) is 5.75 Å². The zero-order valence-electron chi connectivity index (χ0n) is 19.1. The van der Waals surface area contributed by atoms with Gasteiger partial charge in [-0.25, -0.2) is 13.4 Å². The lowest BCUT2D eigenvalue weighted by atomic mass is 9.96. The van der Waals surface area contributed by atoms with E-state index in [1.165, 1.54) is 16.4 Å². The molecule has 1 aliphatic rings. The minimum Gasteiger partial charge on any atom is -0.485 e. The fourth-order valence-electron chi connectivity index (χ4n) is 4.03. The van der Waals surface area contributed by atoms with Crippen LogP contribution in [-0.4, -0.2) is 41.7 Å². The average molecular weight is 481 g/mol. The number of amides is 1. The van der Waals surface area contributed by atoms with Crippen molar-refractivity contribution in [3.63, 3.8) is 0 Å². The topological polar surface area (TPSA) is 101 Å². The van der Waals surface area contributed by atoms with Crippen molar-refractivity contribution >= 4 is 21.7 Å². The number of rotatable bonds is 8. The van der Waals surface area contributed by atoms with Gasteiger partial charge in [0.1, 0.15) is 6.61 Å². The number of anilines is 1. The molecule has 2 aromatic heterocycles. The summed E-state index contributed by atoms with van der Waals surface area (Å²) in [4.78, 5) is 21.3. The average Bonchev–Trinajstić information content (AvgIpc) is 2.89. The van der Waals surface area contributed by atoms with Gasteiger partial charge in [-0.1, -0.05) is 25.3 Å². The molecule has 0 aliphatic heterocycles. The Morgan fingerprint density at radius 3 is 2.59 bits per heavy atom. The Morgan fingerprint density at radius 1 is 1.06 bits per heavy atom. The van der Waals surface area contributed by atoms with Gasteiger partial charge in [-0.3, -0.25) is 9.78 Å². The lowest BCUT2D eigenvalue weighted by molar-refractivity contribution is 0.102. The third-order valence-corrected chi connectivity index (χ3v) is 7.91. The zero-order valence-corrected chi connectivity index (χ0v) is 19.9. The third-order valence-electron chi connectivity index (χ3n) is 6.01. The van der Waals surface area contributed by atoms with Gasteiger partial charge in [-0.15, -0.1) is 0 Å². The number of ether oxygens (including phenoxy) is 1. The van der Waals surface area contributed by atoms with Gasteiger partial charge in [0.05, 0.1) is 4.90 Å². The molecular weight excluding hydrogens is 452 g/mol. The van der Waals surface area contributed by atoms with Crippen molar-refractivity contribution < 1.29 is 17.9 Å². The summed E-state index contributed by atoms with van der Waals surface area (Å²) in [5, 5.41) is 2.74. The van der Waals surface area contributed by atoms with Gasteiger partial charge in [-0.05, 0) is 60.9 Å². The largest absolute Gasteiger partial charge is 0.485 e. The number of nitrogens with zero attached hydrogens (tertiary/aromatic N) is 3. The van der Waals surface area contributed by atoms with Crippen molar-refractivity contribution in [2.75, 3.05) is 12.4 Å². The lowest BCUT2D eigenvalue weighted by Gasteiger charge is -2.30. The van der Waals surface area contributed by atoms with E-state index >= 15 is 0 Å². The van der Waals surface area contributed by atoms with E-state index in [9.17, 15) is 13.2 Å². The molecule has 1 N–H and O–H groups in total. The number of sulfonamides is 1. The van der Waals surface area contributed by atoms with Crippen molar-refractivity contribution in [3.05, 3.63) is 78.2 Å². The van der Waals surface area contributed by atoms with Gasteiger partial charge in [-0.2, -0.15) is 4.31 Å². The highest BCUT2D eigenvalue weighted by Crippen LogP contribution is 2.27. The molecular formula is C25H28N4O4S. The summed E-state index contributed by atoms with van der Waals surface area (Å²) >= 11 is 0. The van der Waals surface area contributed by atoms with Crippen molar-refractivity contribution in [2.45, 2.75) is 49.6 Å². The maximum absolute atomic E-state index is 13.2. The van der Waals surface area contributed by atoms with E-state index in [0.29, 0.717) is 5.75 Å². The molecule has 1 aromatic carbocycles. The van der Waals surface area contributed by atoms with Crippen LogP contribution in [0.15, 0.2) is 72.0 Å². The molecule has 4 rings (SSSR count). The van der Waals surface area contributed by atoms with Crippen molar-refractivity contribution in [1.29, 1.82) is 0 Å². The molecule has 1 saturated carbocycles. The Bertz CT molecular complexity index is 1230. The molecule has 0 unspecified atom stereocenters. The summed E-state index contributed by atoms with van der Waals surface area (Å²) in [6.07, 6.45) is 9.83. The van der Waals surface area contributed by atoms with Gasteiger partial charge in [0.2, 0.25) is 10.0 Å². The Kier molecular flexibility index (Phi) is 7.54. The lowest BCUT2D eigenvalue weighted by Crippen LogP contribution is -2.38. The van der Waals surface area contributed by atoms with Gasteiger partial charge >= 0.3 is 0 Å². The van der Waals surface area contributed by atoms with Crippen LogP contribution in [0.5, 0.6) is 5.75 Å². The van der Waals surface area contributed by atoms with Crippen LogP contribution < -0.4 is 10.1 Å². The number of hydrogen-bond acceptors (Lipinski definition) is 6. The summed E-state index contributed by atoms with van der Waals surface area (Å²) in [6.45, 7) is 0.290. The van der Waals surface area contributed by atoms with E-state index in [-0.39, 0.29) is 28.9 Å². The van der Waals surface area contributed by atoms with E-state index in [4.69, 9.17) is 4.74 Å². The van der Waals surface area contributed by atoms with Crippen molar-refractivity contribution in [2.24, 2.45) is 0 Å². The molecule has 3 aromatic rings. The van der Waals surface area contributed by atoms with Crippen LogP contribution in [0.4, 0.5) is 5.82 Å². The number of carbonyl (C=O) groups excluding carboxylic acids is 1. The molecule has 0 spiro atoms. The highest BCUT2D eigenvalue weighted by Gasteiger charge is 2.29. The van der Waals surface area contributed by atoms with Gasteiger partial charge in [0.25, 0.3) is 5.91 Å². The Hall–Kier alpha value is -3.30. The number of hydrogen-bond donors (Lipinski definition) is 1. The minimum absolute atomic E-state index is 0.00939. The maximum Gasteiger partial charge on any atom is 0.256 e. The number of benzene rings is 1. The van der Waals surface area contributed by atoms with E-state index in [1.807, 2.05) is 12.1 Å². The quantitative estimate of drug-likeness (QED) is 0.517. The first-order valence-electron chi connectivity index (χ1n) is 11.3. The second kappa shape index (κ2) is 10.8. The fourth-order valence-corrected chi connectivity index (χ4v) is 5.49. The minimum atomic E-state index is -3.71. The van der Waals surface area contributed by atoms with Crippen molar-refractivity contribution in [1.82, 2.24) is 14.3 Å². The predicted molar refractivity (Wildman–Crippen MR) is 129 cm³/mol. The third kappa shape index (κ3) is 5.60. The SMILES string of the molecule is CN(C1CCCCC1)S(=O)(=O)c1cccc(C(=O)Nc2ncccc2OCc2ccncc2)c1. The first-order chi connectivity index (χ1) is 16.4. The normalized spacial score (nSPS) is 14.6. The monoisotopic (exact) mass is 480 g/mol. The summed E-state index contributed by atoms with van der Waals surface area (Å²) < 4.78 is 33.7. The van der Waals surface area contributed by atoms with Crippen LogP contribution >= 0.6 is 0 Å². The van der Waals surface area contributed by atoms with Crippen LogP contribution in [0.2, 0.25) is 0 Å². The summed E-state index contributed by atoms with van der Waals surface area (Å²) in [6, 6.07) is 13.2. The van der Waals surface area contributed by atoms with Crippen LogP contribution in [0, 0.1) is 0 Å². The summed E-state index contributed by atoms with van der Waals surface area (Å²) in [5.74, 6) is 0.201. The summed E-state index contributed by atoms with van der Waals surface area (Å²) in [7, 11) is -2.08. The van der Waals surface area contributed by atoms with E-state index in [2.05, 4.69) is 15.3 Å². The number of aromatic nitrogens is 2. The number of carbonyl (C=O) groups is 1. The second-order valence-corrected chi connectivity index (χ2v) is 10.3. The molecule has 0 atom stereocenters. The Balaban J connectivity index is 1.49. The van der Waals surface area contributed by atoms with Gasteiger partial charge in [0.15, 0.2) is 11.6 Å². The molecule has 1 fully saturated rings. The molecule has 178 valence electrons. The van der Waals surface area contributed by atoms with Crippen LogP contribution in [0.25, 0.3) is 0 Å². The number of nitrogens with one attached hydrogen (secondary N) is 1.